The third-order valence-corrected chi connectivity index (χ3v) is 2.12. The summed E-state index contributed by atoms with van der Waals surface area (Å²) in [6, 6.07) is 3.34. The predicted octanol–water partition coefficient (Wildman–Crippen LogP) is 1.56. The fourth-order valence-corrected chi connectivity index (χ4v) is 1.29. The van der Waals surface area contributed by atoms with Crippen molar-refractivity contribution in [2.24, 2.45) is 0 Å². The molecule has 78 valence electrons. The van der Waals surface area contributed by atoms with Gasteiger partial charge < -0.3 is 10.0 Å². The summed E-state index contributed by atoms with van der Waals surface area (Å²) in [5.41, 5.74) is 0.566. The molecule has 1 rings (SSSR count). The van der Waals surface area contributed by atoms with Gasteiger partial charge in [-0.3, -0.25) is 0 Å². The zero-order valence-electron chi connectivity index (χ0n) is 8.17. The Balaban J connectivity index is 3.00. The lowest BCUT2D eigenvalue weighted by Gasteiger charge is -2.22. The van der Waals surface area contributed by atoms with Gasteiger partial charge in [0.1, 0.15) is 0 Å². The van der Waals surface area contributed by atoms with Gasteiger partial charge in [-0.1, -0.05) is 6.07 Å². The van der Waals surface area contributed by atoms with E-state index in [-0.39, 0.29) is 12.6 Å². The number of likely N-dealkylation sites (N-methyl/N-ethyl adjacent to an activating group) is 1. The molecule has 0 unspecified atom stereocenters. The zero-order chi connectivity index (χ0) is 10.7. The van der Waals surface area contributed by atoms with Gasteiger partial charge in [0.05, 0.1) is 12.6 Å². The number of hydrogen-bond donors (Lipinski definition) is 1. The maximum Gasteiger partial charge on any atom is 0.159 e. The van der Waals surface area contributed by atoms with Crippen molar-refractivity contribution >= 4 is 0 Å². The van der Waals surface area contributed by atoms with Crippen molar-refractivity contribution in [1.82, 2.24) is 4.90 Å². The number of nitrogens with zero attached hydrogens (tertiary/aromatic N) is 1. The summed E-state index contributed by atoms with van der Waals surface area (Å²) in [7, 11) is 3.53. The Morgan fingerprint density at radius 3 is 2.36 bits per heavy atom. The van der Waals surface area contributed by atoms with E-state index in [0.29, 0.717) is 5.56 Å². The van der Waals surface area contributed by atoms with Crippen LogP contribution in [0.5, 0.6) is 0 Å². The first-order valence-electron chi connectivity index (χ1n) is 4.28. The largest absolute Gasteiger partial charge is 0.394 e. The van der Waals surface area contributed by atoms with E-state index in [1.165, 1.54) is 6.07 Å². The van der Waals surface area contributed by atoms with Crippen molar-refractivity contribution in [3.05, 3.63) is 35.4 Å². The molecule has 0 radical (unpaired) electrons. The lowest BCUT2D eigenvalue weighted by molar-refractivity contribution is 0.170. The molecule has 2 nitrogen and oxygen atoms in total. The molecule has 0 aromatic heterocycles. The van der Waals surface area contributed by atoms with Crippen molar-refractivity contribution in [3.63, 3.8) is 0 Å². The second kappa shape index (κ2) is 4.48. The number of hydrogen-bond acceptors (Lipinski definition) is 2. The summed E-state index contributed by atoms with van der Waals surface area (Å²) in [5, 5.41) is 9.05. The van der Waals surface area contributed by atoms with Crippen LogP contribution < -0.4 is 0 Å². The third-order valence-electron chi connectivity index (χ3n) is 2.12. The smallest absolute Gasteiger partial charge is 0.159 e. The van der Waals surface area contributed by atoms with Crippen LogP contribution in [0.15, 0.2) is 18.2 Å². The number of aliphatic hydroxyl groups is 1. The average Bonchev–Trinajstić information content (AvgIpc) is 2.11. The molecule has 14 heavy (non-hydrogen) atoms. The highest BCUT2D eigenvalue weighted by molar-refractivity contribution is 5.21. The quantitative estimate of drug-likeness (QED) is 0.802. The Kier molecular flexibility index (Phi) is 3.55. The van der Waals surface area contributed by atoms with Crippen molar-refractivity contribution < 1.29 is 13.9 Å². The van der Waals surface area contributed by atoms with E-state index in [0.717, 1.165) is 12.1 Å². The number of halogens is 2. The van der Waals surface area contributed by atoms with Crippen LogP contribution in [0.4, 0.5) is 8.78 Å². The third kappa shape index (κ3) is 2.27. The second-order valence-electron chi connectivity index (χ2n) is 3.34. The zero-order valence-corrected chi connectivity index (χ0v) is 8.17. The fraction of sp³-hybridized carbons (Fsp3) is 0.400. The first-order chi connectivity index (χ1) is 6.56. The fourth-order valence-electron chi connectivity index (χ4n) is 1.29. The van der Waals surface area contributed by atoms with Crippen molar-refractivity contribution in [2.45, 2.75) is 6.04 Å². The van der Waals surface area contributed by atoms with E-state index in [2.05, 4.69) is 0 Å². The van der Waals surface area contributed by atoms with E-state index in [4.69, 9.17) is 5.11 Å². The minimum atomic E-state index is -0.886. The maximum absolute atomic E-state index is 12.9. The molecule has 0 heterocycles. The van der Waals surface area contributed by atoms with Crippen molar-refractivity contribution in [3.8, 4) is 0 Å². The van der Waals surface area contributed by atoms with Crippen LogP contribution in [0.2, 0.25) is 0 Å². The monoisotopic (exact) mass is 201 g/mol. The molecule has 0 fully saturated rings. The molecule has 1 aromatic rings. The lowest BCUT2D eigenvalue weighted by Crippen LogP contribution is -2.23. The summed E-state index contributed by atoms with van der Waals surface area (Å²) in [5.74, 6) is -1.76. The van der Waals surface area contributed by atoms with Gasteiger partial charge in [0.15, 0.2) is 11.6 Å². The molecular weight excluding hydrogens is 188 g/mol. The predicted molar refractivity (Wildman–Crippen MR) is 49.9 cm³/mol. The molecule has 0 aliphatic rings. The van der Waals surface area contributed by atoms with Gasteiger partial charge in [-0.15, -0.1) is 0 Å². The molecule has 0 amide bonds. The van der Waals surface area contributed by atoms with Gasteiger partial charge in [0, 0.05) is 0 Å². The number of benzene rings is 1. The van der Waals surface area contributed by atoms with Gasteiger partial charge in [-0.05, 0) is 31.8 Å². The van der Waals surface area contributed by atoms with Crippen LogP contribution in [-0.4, -0.2) is 30.7 Å². The van der Waals surface area contributed by atoms with Gasteiger partial charge in [-0.25, -0.2) is 8.78 Å². The van der Waals surface area contributed by atoms with Crippen LogP contribution in [0.1, 0.15) is 11.6 Å². The molecule has 0 spiro atoms. The Labute approximate surface area is 81.8 Å². The van der Waals surface area contributed by atoms with Gasteiger partial charge >= 0.3 is 0 Å². The molecule has 0 aliphatic carbocycles. The second-order valence-corrected chi connectivity index (χ2v) is 3.34. The highest BCUT2D eigenvalue weighted by atomic mass is 19.2. The number of rotatable bonds is 3. The molecule has 0 saturated carbocycles. The first kappa shape index (κ1) is 11.1. The Morgan fingerprint density at radius 2 is 1.93 bits per heavy atom. The Bertz CT molecular complexity index is 315. The van der Waals surface area contributed by atoms with Crippen molar-refractivity contribution in [2.75, 3.05) is 20.7 Å². The van der Waals surface area contributed by atoms with Crippen LogP contribution >= 0.6 is 0 Å². The topological polar surface area (TPSA) is 23.5 Å². The standard InChI is InChI=1S/C10H13F2NO/c1-13(2)10(6-14)7-3-4-8(11)9(12)5-7/h3-5,10,14H,6H2,1-2H3/t10-/m0/s1. The molecule has 0 saturated heterocycles. The van der Waals surface area contributed by atoms with Crippen LogP contribution in [0, 0.1) is 11.6 Å². The van der Waals surface area contributed by atoms with Crippen LogP contribution in [-0.2, 0) is 0 Å². The summed E-state index contributed by atoms with van der Waals surface area (Å²) in [6.07, 6.45) is 0. The lowest BCUT2D eigenvalue weighted by atomic mass is 10.1. The van der Waals surface area contributed by atoms with E-state index >= 15 is 0 Å². The van der Waals surface area contributed by atoms with Gasteiger partial charge in [0.2, 0.25) is 0 Å². The Hall–Kier alpha value is -1.00. The molecule has 0 bridgehead atoms. The molecule has 1 N–H and O–H groups in total. The van der Waals surface area contributed by atoms with E-state index in [9.17, 15) is 8.78 Å². The molecule has 4 heteroatoms. The number of aliphatic hydroxyl groups excluding tert-OH is 1. The van der Waals surface area contributed by atoms with Gasteiger partial charge in [0.25, 0.3) is 0 Å². The van der Waals surface area contributed by atoms with E-state index < -0.39 is 11.6 Å². The minimum Gasteiger partial charge on any atom is -0.394 e. The molecule has 0 aliphatic heterocycles. The maximum atomic E-state index is 12.9. The van der Waals surface area contributed by atoms with E-state index in [1.54, 1.807) is 19.0 Å². The molecule has 1 atom stereocenters. The van der Waals surface area contributed by atoms with E-state index in [1.807, 2.05) is 0 Å². The average molecular weight is 201 g/mol. The molecule has 1 aromatic carbocycles. The first-order valence-corrected chi connectivity index (χ1v) is 4.28. The minimum absolute atomic E-state index is 0.127. The summed E-state index contributed by atoms with van der Waals surface area (Å²) < 4.78 is 25.5. The van der Waals surface area contributed by atoms with Gasteiger partial charge in [-0.2, -0.15) is 0 Å². The normalized spacial score (nSPS) is 13.3. The Morgan fingerprint density at radius 1 is 1.29 bits per heavy atom. The summed E-state index contributed by atoms with van der Waals surface area (Å²) >= 11 is 0. The highest BCUT2D eigenvalue weighted by Gasteiger charge is 2.14. The molecular formula is C10H13F2NO. The van der Waals surface area contributed by atoms with Crippen LogP contribution in [0.25, 0.3) is 0 Å². The van der Waals surface area contributed by atoms with Crippen molar-refractivity contribution in [1.29, 1.82) is 0 Å². The highest BCUT2D eigenvalue weighted by Crippen LogP contribution is 2.19. The summed E-state index contributed by atoms with van der Waals surface area (Å²) in [4.78, 5) is 1.74. The SMILES string of the molecule is CN(C)[C@@H](CO)c1ccc(F)c(F)c1. The van der Waals surface area contributed by atoms with Crippen LogP contribution in [0.3, 0.4) is 0 Å². The summed E-state index contributed by atoms with van der Waals surface area (Å²) in [6.45, 7) is -0.127.